The second-order valence-electron chi connectivity index (χ2n) is 8.64. The summed E-state index contributed by atoms with van der Waals surface area (Å²) in [5, 5.41) is 0.654. The lowest BCUT2D eigenvalue weighted by atomic mass is 9.84. The van der Waals surface area contributed by atoms with Gasteiger partial charge in [-0.3, -0.25) is 0 Å². The Kier molecular flexibility index (Phi) is 6.71. The third-order valence-electron chi connectivity index (χ3n) is 5.26. The Hall–Kier alpha value is -2.14. The van der Waals surface area contributed by atoms with Gasteiger partial charge in [-0.2, -0.15) is 0 Å². The quantitative estimate of drug-likeness (QED) is 0.505. The highest BCUT2D eigenvalue weighted by Gasteiger charge is 2.21. The van der Waals surface area contributed by atoms with Crippen LogP contribution in [0.25, 0.3) is 0 Å². The highest BCUT2D eigenvalue weighted by Crippen LogP contribution is 2.29. The van der Waals surface area contributed by atoms with Crippen LogP contribution < -0.4 is 4.72 Å². The average molecular weight is 442 g/mol. The van der Waals surface area contributed by atoms with Crippen molar-refractivity contribution in [2.45, 2.75) is 43.9 Å². The summed E-state index contributed by atoms with van der Waals surface area (Å²) in [5.74, 6) is -0.128. The second-order valence-corrected chi connectivity index (χ2v) is 10.8. The molecule has 0 spiro atoms. The number of sulfonamides is 1. The first-order chi connectivity index (χ1) is 14.1. The van der Waals surface area contributed by atoms with E-state index in [-0.39, 0.29) is 22.8 Å². The van der Waals surface area contributed by atoms with Gasteiger partial charge in [0.2, 0.25) is 10.0 Å². The van der Waals surface area contributed by atoms with Gasteiger partial charge in [0.05, 0.1) is 4.90 Å². The van der Waals surface area contributed by atoms with E-state index in [1.54, 1.807) is 24.3 Å². The number of hydrogen-bond donors (Lipinski definition) is 1. The molecule has 1 N–H and O–H groups in total. The molecule has 0 amide bonds. The normalized spacial score (nSPS) is 13.2. The highest BCUT2D eigenvalue weighted by atomic mass is 35.5. The lowest BCUT2D eigenvalue weighted by molar-refractivity contribution is 0.577. The minimum atomic E-state index is -3.60. The molecule has 0 aromatic heterocycles. The summed E-state index contributed by atoms with van der Waals surface area (Å²) < 4.78 is 28.4. The van der Waals surface area contributed by atoms with Gasteiger partial charge < -0.3 is 0 Å². The maximum absolute atomic E-state index is 12.8. The van der Waals surface area contributed by atoms with Gasteiger partial charge >= 0.3 is 0 Å². The predicted molar refractivity (Wildman–Crippen MR) is 125 cm³/mol. The van der Waals surface area contributed by atoms with Crippen LogP contribution in [0, 0.1) is 6.92 Å². The molecule has 1 unspecified atom stereocenters. The summed E-state index contributed by atoms with van der Waals surface area (Å²) in [5.41, 5.74) is 4.38. The van der Waals surface area contributed by atoms with Crippen molar-refractivity contribution in [2.24, 2.45) is 0 Å². The summed E-state index contributed by atoms with van der Waals surface area (Å²) in [6.07, 6.45) is 0. The largest absolute Gasteiger partial charge is 0.240 e. The molecule has 158 valence electrons. The third kappa shape index (κ3) is 5.51. The predicted octanol–water partition coefficient (Wildman–Crippen LogP) is 6.06. The molecule has 0 fully saturated rings. The zero-order valence-corrected chi connectivity index (χ0v) is 19.4. The number of halogens is 1. The van der Waals surface area contributed by atoms with Crippen molar-refractivity contribution in [3.8, 4) is 0 Å². The Balaban J connectivity index is 1.90. The fourth-order valence-electron chi connectivity index (χ4n) is 3.33. The first-order valence-electron chi connectivity index (χ1n) is 9.98. The Labute approximate surface area is 185 Å². The molecular formula is C25H28ClNO2S. The second kappa shape index (κ2) is 8.93. The lowest BCUT2D eigenvalue weighted by Gasteiger charge is -2.22. The Morgan fingerprint density at radius 3 is 1.83 bits per heavy atom. The molecule has 3 nitrogen and oxygen atoms in total. The van der Waals surface area contributed by atoms with Crippen LogP contribution in [0.5, 0.6) is 0 Å². The first kappa shape index (κ1) is 22.5. The van der Waals surface area contributed by atoms with E-state index in [4.69, 9.17) is 11.6 Å². The van der Waals surface area contributed by atoms with E-state index in [0.717, 1.165) is 16.7 Å². The highest BCUT2D eigenvalue weighted by molar-refractivity contribution is 7.89. The summed E-state index contributed by atoms with van der Waals surface area (Å²) in [6, 6.07) is 22.8. The van der Waals surface area contributed by atoms with Crippen molar-refractivity contribution in [1.82, 2.24) is 4.72 Å². The van der Waals surface area contributed by atoms with Gasteiger partial charge in [-0.15, -0.1) is 0 Å². The molecule has 3 aromatic carbocycles. The van der Waals surface area contributed by atoms with Crippen molar-refractivity contribution in [1.29, 1.82) is 0 Å². The summed E-state index contributed by atoms with van der Waals surface area (Å²) in [4.78, 5) is 0.269. The zero-order valence-electron chi connectivity index (χ0n) is 17.8. The molecule has 3 aromatic rings. The van der Waals surface area contributed by atoms with Crippen LogP contribution in [0.1, 0.15) is 48.9 Å². The van der Waals surface area contributed by atoms with Crippen molar-refractivity contribution in [2.75, 3.05) is 6.54 Å². The molecule has 0 aliphatic heterocycles. The van der Waals surface area contributed by atoms with Gasteiger partial charge in [0.1, 0.15) is 0 Å². The van der Waals surface area contributed by atoms with Crippen LogP contribution in [0.3, 0.4) is 0 Å². The van der Waals surface area contributed by atoms with Gasteiger partial charge in [-0.1, -0.05) is 86.5 Å². The van der Waals surface area contributed by atoms with Crippen molar-refractivity contribution in [3.05, 3.63) is 100 Å². The van der Waals surface area contributed by atoms with E-state index < -0.39 is 10.0 Å². The van der Waals surface area contributed by atoms with E-state index in [1.165, 1.54) is 5.56 Å². The molecule has 0 heterocycles. The number of rotatable bonds is 6. The minimum absolute atomic E-state index is 0.0569. The Morgan fingerprint density at radius 1 is 0.833 bits per heavy atom. The number of aryl methyl sites for hydroxylation is 1. The molecule has 0 radical (unpaired) electrons. The van der Waals surface area contributed by atoms with Gasteiger partial charge in [0, 0.05) is 17.5 Å². The molecule has 1 atom stereocenters. The van der Waals surface area contributed by atoms with E-state index in [1.807, 2.05) is 31.2 Å². The summed E-state index contributed by atoms with van der Waals surface area (Å²) in [6.45, 7) is 8.71. The van der Waals surface area contributed by atoms with Crippen LogP contribution >= 0.6 is 11.6 Å². The third-order valence-corrected chi connectivity index (χ3v) is 6.95. The number of nitrogens with one attached hydrogen (secondary N) is 1. The molecular weight excluding hydrogens is 414 g/mol. The minimum Gasteiger partial charge on any atom is -0.210 e. The van der Waals surface area contributed by atoms with Crippen molar-refractivity contribution in [3.63, 3.8) is 0 Å². The maximum atomic E-state index is 12.8. The number of benzene rings is 3. The Morgan fingerprint density at radius 2 is 1.33 bits per heavy atom. The standard InChI is InChI=1S/C25H28ClNO2S/c1-18-5-15-23(16-6-18)30(28,29)27-17-24(20-9-13-22(26)14-10-20)19-7-11-21(12-8-19)25(2,3)4/h5-16,24,27H,17H2,1-4H3. The van der Waals surface area contributed by atoms with E-state index >= 15 is 0 Å². The topological polar surface area (TPSA) is 46.2 Å². The van der Waals surface area contributed by atoms with Crippen molar-refractivity contribution < 1.29 is 8.42 Å². The van der Waals surface area contributed by atoms with Gasteiger partial charge in [0.25, 0.3) is 0 Å². The monoisotopic (exact) mass is 441 g/mol. The van der Waals surface area contributed by atoms with Crippen LogP contribution in [-0.2, 0) is 15.4 Å². The van der Waals surface area contributed by atoms with E-state index in [0.29, 0.717) is 5.02 Å². The first-order valence-corrected chi connectivity index (χ1v) is 11.8. The lowest BCUT2D eigenvalue weighted by Crippen LogP contribution is -2.29. The summed E-state index contributed by atoms with van der Waals surface area (Å²) in [7, 11) is -3.60. The van der Waals surface area contributed by atoms with Crippen molar-refractivity contribution >= 4 is 21.6 Å². The van der Waals surface area contributed by atoms with E-state index in [2.05, 4.69) is 49.8 Å². The summed E-state index contributed by atoms with van der Waals surface area (Å²) >= 11 is 6.06. The zero-order chi connectivity index (χ0) is 21.9. The SMILES string of the molecule is Cc1ccc(S(=O)(=O)NCC(c2ccc(Cl)cc2)c2ccc(C(C)(C)C)cc2)cc1. The van der Waals surface area contributed by atoms with Gasteiger partial charge in [0.15, 0.2) is 0 Å². The number of hydrogen-bond acceptors (Lipinski definition) is 2. The molecule has 0 saturated heterocycles. The Bertz CT molecular complexity index is 1080. The molecule has 0 aliphatic carbocycles. The molecule has 0 saturated carbocycles. The van der Waals surface area contributed by atoms with Gasteiger partial charge in [-0.05, 0) is 53.3 Å². The van der Waals surface area contributed by atoms with Gasteiger partial charge in [-0.25, -0.2) is 13.1 Å². The van der Waals surface area contributed by atoms with Crippen LogP contribution in [0.15, 0.2) is 77.7 Å². The van der Waals surface area contributed by atoms with Crippen LogP contribution in [0.2, 0.25) is 5.02 Å². The molecule has 30 heavy (non-hydrogen) atoms. The van der Waals surface area contributed by atoms with E-state index in [9.17, 15) is 8.42 Å². The molecule has 0 aliphatic rings. The van der Waals surface area contributed by atoms with Crippen LogP contribution in [-0.4, -0.2) is 15.0 Å². The molecule has 0 bridgehead atoms. The van der Waals surface area contributed by atoms with Crippen LogP contribution in [0.4, 0.5) is 0 Å². The smallest absolute Gasteiger partial charge is 0.210 e. The maximum Gasteiger partial charge on any atom is 0.240 e. The fraction of sp³-hybridized carbons (Fsp3) is 0.280. The average Bonchev–Trinajstić information content (AvgIpc) is 2.69. The molecule has 5 heteroatoms. The fourth-order valence-corrected chi connectivity index (χ4v) is 4.51. The molecule has 3 rings (SSSR count).